The van der Waals surface area contributed by atoms with Crippen LogP contribution in [0.25, 0.3) is 0 Å². The highest BCUT2D eigenvalue weighted by atomic mass is 16.5. The molecule has 3 aromatic carbocycles. The average molecular weight is 402 g/mol. The van der Waals surface area contributed by atoms with Gasteiger partial charge in [-0.05, 0) is 34.7 Å². The molecule has 154 valence electrons. The number of rotatable bonds is 6. The minimum Gasteiger partial charge on any atom is -0.497 e. The fourth-order valence-corrected chi connectivity index (χ4v) is 3.23. The summed E-state index contributed by atoms with van der Waals surface area (Å²) in [5.74, 6) is 0.391. The number of anilines is 1. The van der Waals surface area contributed by atoms with Gasteiger partial charge >= 0.3 is 0 Å². The van der Waals surface area contributed by atoms with Crippen LogP contribution < -0.4 is 10.1 Å². The lowest BCUT2D eigenvalue weighted by molar-refractivity contribution is 0.0992. The summed E-state index contributed by atoms with van der Waals surface area (Å²) in [5, 5.41) is 2.88. The van der Waals surface area contributed by atoms with Crippen LogP contribution in [-0.2, 0) is 11.8 Å². The number of ether oxygens (including phenoxy) is 1. The Morgan fingerprint density at radius 2 is 1.60 bits per heavy atom. The molecule has 0 unspecified atom stereocenters. The zero-order valence-corrected chi connectivity index (χ0v) is 17.9. The Kier molecular flexibility index (Phi) is 6.36. The summed E-state index contributed by atoms with van der Waals surface area (Å²) in [7, 11) is 1.58. The third-order valence-electron chi connectivity index (χ3n) is 5.01. The van der Waals surface area contributed by atoms with E-state index in [4.69, 9.17) is 4.74 Å². The first-order valence-electron chi connectivity index (χ1n) is 9.95. The highest BCUT2D eigenvalue weighted by molar-refractivity contribution is 6.07. The third-order valence-corrected chi connectivity index (χ3v) is 5.01. The van der Waals surface area contributed by atoms with Crippen molar-refractivity contribution >= 4 is 17.4 Å². The predicted molar refractivity (Wildman–Crippen MR) is 121 cm³/mol. The van der Waals surface area contributed by atoms with Gasteiger partial charge < -0.3 is 10.1 Å². The highest BCUT2D eigenvalue weighted by Crippen LogP contribution is 2.23. The second-order valence-electron chi connectivity index (χ2n) is 8.27. The molecule has 0 saturated heterocycles. The first kappa shape index (κ1) is 21.3. The fraction of sp³-hybridized carbons (Fsp3) is 0.231. The van der Waals surface area contributed by atoms with Crippen molar-refractivity contribution in [1.82, 2.24) is 0 Å². The molecule has 0 heterocycles. The van der Waals surface area contributed by atoms with Gasteiger partial charge in [-0.2, -0.15) is 0 Å². The van der Waals surface area contributed by atoms with Crippen molar-refractivity contribution in [2.45, 2.75) is 32.6 Å². The maximum atomic E-state index is 12.8. The van der Waals surface area contributed by atoms with Crippen molar-refractivity contribution < 1.29 is 14.3 Å². The number of benzene rings is 3. The van der Waals surface area contributed by atoms with Crippen LogP contribution in [0.4, 0.5) is 5.69 Å². The molecule has 0 atom stereocenters. The van der Waals surface area contributed by atoms with Crippen molar-refractivity contribution in [2.75, 3.05) is 12.4 Å². The topological polar surface area (TPSA) is 55.4 Å². The van der Waals surface area contributed by atoms with E-state index in [0.717, 1.165) is 0 Å². The molecule has 0 aliphatic heterocycles. The van der Waals surface area contributed by atoms with Gasteiger partial charge in [-0.15, -0.1) is 0 Å². The Hall–Kier alpha value is -3.40. The van der Waals surface area contributed by atoms with Gasteiger partial charge in [0.25, 0.3) is 5.91 Å². The van der Waals surface area contributed by atoms with Crippen LogP contribution >= 0.6 is 0 Å². The van der Waals surface area contributed by atoms with Gasteiger partial charge in [0, 0.05) is 29.3 Å². The van der Waals surface area contributed by atoms with Gasteiger partial charge in [-0.1, -0.05) is 69.3 Å². The predicted octanol–water partition coefficient (Wildman–Crippen LogP) is 5.67. The molecule has 4 heteroatoms. The molecule has 0 saturated carbocycles. The summed E-state index contributed by atoms with van der Waals surface area (Å²) in [6.45, 7) is 6.42. The molecule has 0 radical (unpaired) electrons. The van der Waals surface area contributed by atoms with Crippen LogP contribution in [0.15, 0.2) is 72.8 Å². The van der Waals surface area contributed by atoms with Crippen LogP contribution in [0.2, 0.25) is 0 Å². The number of Topliss-reactive ketones (excluding diaryl/α,β-unsaturated/α-hetero) is 1. The molecular formula is C26H27NO3. The summed E-state index contributed by atoms with van der Waals surface area (Å²) in [6, 6.07) is 22.1. The van der Waals surface area contributed by atoms with Gasteiger partial charge in [0.05, 0.1) is 7.11 Å². The molecule has 0 bridgehead atoms. The van der Waals surface area contributed by atoms with Gasteiger partial charge in [0.1, 0.15) is 5.75 Å². The number of ketones is 1. The smallest absolute Gasteiger partial charge is 0.255 e. The van der Waals surface area contributed by atoms with Gasteiger partial charge in [0.15, 0.2) is 5.78 Å². The molecular weight excluding hydrogens is 374 g/mol. The van der Waals surface area contributed by atoms with Crippen LogP contribution in [0.3, 0.4) is 0 Å². The van der Waals surface area contributed by atoms with E-state index in [0.29, 0.717) is 28.1 Å². The summed E-state index contributed by atoms with van der Waals surface area (Å²) >= 11 is 0. The first-order valence-corrected chi connectivity index (χ1v) is 9.95. The Bertz CT molecular complexity index is 1050. The summed E-state index contributed by atoms with van der Waals surface area (Å²) < 4.78 is 5.20. The van der Waals surface area contributed by atoms with Gasteiger partial charge in [-0.25, -0.2) is 0 Å². The standard InChI is InChI=1S/C26H27NO3/c1-26(2,3)20-14-12-18(13-15-20)24(28)16-19-8-5-6-11-23(19)25(29)27-21-9-7-10-22(17-21)30-4/h5-15,17H,16H2,1-4H3,(H,27,29). The number of carbonyl (C=O) groups is 2. The van der Waals surface area contributed by atoms with Crippen LogP contribution in [0.1, 0.15) is 52.6 Å². The van der Waals surface area contributed by atoms with E-state index in [-0.39, 0.29) is 23.5 Å². The van der Waals surface area contributed by atoms with E-state index in [1.165, 1.54) is 5.56 Å². The third kappa shape index (κ3) is 5.15. The first-order chi connectivity index (χ1) is 14.3. The Morgan fingerprint density at radius 1 is 0.900 bits per heavy atom. The second-order valence-corrected chi connectivity index (χ2v) is 8.27. The molecule has 0 aliphatic rings. The Balaban J connectivity index is 1.77. The quantitative estimate of drug-likeness (QED) is 0.542. The molecule has 4 nitrogen and oxygen atoms in total. The molecule has 0 aromatic heterocycles. The van der Waals surface area contributed by atoms with Crippen molar-refractivity contribution in [3.8, 4) is 5.75 Å². The molecule has 0 spiro atoms. The molecule has 3 aromatic rings. The van der Waals surface area contributed by atoms with E-state index in [1.54, 1.807) is 31.4 Å². The lowest BCUT2D eigenvalue weighted by Gasteiger charge is -2.19. The summed E-state index contributed by atoms with van der Waals surface area (Å²) in [5.41, 5.74) is 3.68. The molecule has 3 rings (SSSR count). The maximum absolute atomic E-state index is 12.8. The average Bonchev–Trinajstić information content (AvgIpc) is 2.73. The Labute approximate surface area is 177 Å². The molecule has 0 aliphatic carbocycles. The number of hydrogen-bond acceptors (Lipinski definition) is 3. The number of nitrogens with one attached hydrogen (secondary N) is 1. The molecule has 0 fully saturated rings. The van der Waals surface area contributed by atoms with E-state index < -0.39 is 0 Å². The minimum absolute atomic E-state index is 0.0166. The van der Waals surface area contributed by atoms with E-state index in [1.807, 2.05) is 48.5 Å². The zero-order valence-electron chi connectivity index (χ0n) is 17.9. The van der Waals surface area contributed by atoms with Crippen molar-refractivity contribution in [3.63, 3.8) is 0 Å². The zero-order chi connectivity index (χ0) is 21.7. The number of amides is 1. The van der Waals surface area contributed by atoms with Crippen LogP contribution in [0.5, 0.6) is 5.75 Å². The summed E-state index contributed by atoms with van der Waals surface area (Å²) in [4.78, 5) is 25.7. The largest absolute Gasteiger partial charge is 0.497 e. The highest BCUT2D eigenvalue weighted by Gasteiger charge is 2.17. The SMILES string of the molecule is COc1cccc(NC(=O)c2ccccc2CC(=O)c2ccc(C(C)(C)C)cc2)c1. The molecule has 1 N–H and O–H groups in total. The van der Waals surface area contributed by atoms with Crippen molar-refractivity contribution in [2.24, 2.45) is 0 Å². The second kappa shape index (κ2) is 8.95. The molecule has 1 amide bonds. The Morgan fingerprint density at radius 3 is 2.27 bits per heavy atom. The van der Waals surface area contributed by atoms with Crippen molar-refractivity contribution in [1.29, 1.82) is 0 Å². The van der Waals surface area contributed by atoms with E-state index in [2.05, 4.69) is 26.1 Å². The number of methoxy groups -OCH3 is 1. The monoisotopic (exact) mass is 401 g/mol. The van der Waals surface area contributed by atoms with Crippen molar-refractivity contribution in [3.05, 3.63) is 95.1 Å². The lowest BCUT2D eigenvalue weighted by atomic mass is 9.86. The van der Waals surface area contributed by atoms with E-state index in [9.17, 15) is 9.59 Å². The molecule has 30 heavy (non-hydrogen) atoms. The van der Waals surface area contributed by atoms with Gasteiger partial charge in [0.2, 0.25) is 0 Å². The van der Waals surface area contributed by atoms with E-state index >= 15 is 0 Å². The maximum Gasteiger partial charge on any atom is 0.255 e. The summed E-state index contributed by atoms with van der Waals surface area (Å²) in [6.07, 6.45) is 0.163. The van der Waals surface area contributed by atoms with Gasteiger partial charge in [-0.3, -0.25) is 9.59 Å². The fourth-order valence-electron chi connectivity index (χ4n) is 3.23. The number of hydrogen-bond donors (Lipinski definition) is 1. The minimum atomic E-state index is -0.255. The number of carbonyl (C=O) groups excluding carboxylic acids is 2. The normalized spacial score (nSPS) is 11.1. The lowest BCUT2D eigenvalue weighted by Crippen LogP contribution is -2.16. The van der Waals surface area contributed by atoms with Crippen LogP contribution in [-0.4, -0.2) is 18.8 Å². The van der Waals surface area contributed by atoms with Crippen LogP contribution in [0, 0.1) is 0 Å².